The standard InChI is InChI=1S/C40H45N9O5/c50-35-4-2-1-3-27(35)32-16-34-37(44-43-32)41-17-25-19-46(13-14-48(25)34)18-23-9-11-45(12-10-23)20-29-30-21-47(22-31(29)30)24-5-6-26-28(15-24)40(54)49(39(26)53)33-7-8-36(51)42-38(33)52/h1-6,15-16,23,25,29-31,33,50H,7-14,17-22H2,(H,41,44)(H,42,51,52)/t25-,29?,30-,31+,33?/m0/s1. The fraction of sp³-hybridized carbons (Fsp3) is 0.500. The van der Waals surface area contributed by atoms with Crippen LogP contribution in [0.3, 0.4) is 0 Å². The Morgan fingerprint density at radius 1 is 0.778 bits per heavy atom. The summed E-state index contributed by atoms with van der Waals surface area (Å²) in [7, 11) is 0. The Bertz CT molecular complexity index is 2040. The zero-order valence-corrected chi connectivity index (χ0v) is 30.2. The molecule has 14 nitrogen and oxygen atoms in total. The zero-order valence-electron chi connectivity index (χ0n) is 30.2. The highest BCUT2D eigenvalue weighted by Gasteiger charge is 2.56. The average Bonchev–Trinajstić information content (AvgIpc) is 3.48. The van der Waals surface area contributed by atoms with E-state index in [2.05, 4.69) is 46.5 Å². The molecule has 0 bridgehead atoms. The number of piperidine rings is 3. The Hall–Kier alpha value is -5.08. The first-order valence-corrected chi connectivity index (χ1v) is 19.5. The van der Waals surface area contributed by atoms with Crippen LogP contribution in [0.25, 0.3) is 11.3 Å². The van der Waals surface area contributed by atoms with Gasteiger partial charge in [0.05, 0.1) is 28.6 Å². The van der Waals surface area contributed by atoms with Gasteiger partial charge < -0.3 is 25.1 Å². The Morgan fingerprint density at radius 2 is 1.57 bits per heavy atom. The minimum Gasteiger partial charge on any atom is -0.507 e. The maximum Gasteiger partial charge on any atom is 0.262 e. The van der Waals surface area contributed by atoms with E-state index in [1.54, 1.807) is 12.1 Å². The molecule has 4 saturated heterocycles. The number of hydrogen-bond acceptors (Lipinski definition) is 12. The number of anilines is 3. The number of nitrogens with one attached hydrogen (secondary N) is 2. The van der Waals surface area contributed by atoms with Crippen LogP contribution in [0.1, 0.15) is 46.4 Å². The van der Waals surface area contributed by atoms with E-state index >= 15 is 0 Å². The molecule has 2 unspecified atom stereocenters. The molecule has 0 radical (unpaired) electrons. The fourth-order valence-electron chi connectivity index (χ4n) is 10.1. The molecule has 4 amide bonds. The molecule has 5 atom stereocenters. The van der Waals surface area contributed by atoms with Crippen molar-refractivity contribution in [2.75, 3.05) is 80.6 Å². The summed E-state index contributed by atoms with van der Waals surface area (Å²) < 4.78 is 0. The molecule has 3 aromatic rings. The van der Waals surface area contributed by atoms with Gasteiger partial charge in [-0.1, -0.05) is 12.1 Å². The van der Waals surface area contributed by atoms with E-state index < -0.39 is 23.8 Å². The van der Waals surface area contributed by atoms with Crippen molar-refractivity contribution in [1.82, 2.24) is 30.2 Å². The number of phenolic OH excluding ortho intramolecular Hbond substituents is 1. The van der Waals surface area contributed by atoms with E-state index in [0.29, 0.717) is 52.1 Å². The highest BCUT2D eigenvalue weighted by atomic mass is 16.3. The molecule has 6 aliphatic heterocycles. The van der Waals surface area contributed by atoms with Crippen molar-refractivity contribution in [3.05, 3.63) is 59.7 Å². The van der Waals surface area contributed by atoms with Crippen LogP contribution in [0.5, 0.6) is 5.75 Å². The van der Waals surface area contributed by atoms with Crippen LogP contribution in [0.2, 0.25) is 0 Å². The third-order valence-corrected chi connectivity index (χ3v) is 13.2. The van der Waals surface area contributed by atoms with Crippen molar-refractivity contribution in [1.29, 1.82) is 0 Å². The third kappa shape index (κ3) is 5.77. The van der Waals surface area contributed by atoms with Gasteiger partial charge in [-0.05, 0) is 92.4 Å². The number of benzene rings is 2. The predicted octanol–water partition coefficient (Wildman–Crippen LogP) is 2.26. The van der Waals surface area contributed by atoms with Gasteiger partial charge in [-0.25, -0.2) is 0 Å². The Morgan fingerprint density at radius 3 is 2.37 bits per heavy atom. The lowest BCUT2D eigenvalue weighted by molar-refractivity contribution is -0.136. The van der Waals surface area contributed by atoms with Crippen molar-refractivity contribution < 1.29 is 24.3 Å². The number of amides is 4. The quantitative estimate of drug-likeness (QED) is 0.306. The molecule has 1 saturated carbocycles. The highest BCUT2D eigenvalue weighted by molar-refractivity contribution is 6.23. The molecule has 2 aromatic carbocycles. The number of nitrogens with zero attached hydrogens (tertiary/aromatic N) is 7. The second kappa shape index (κ2) is 13.0. The van der Waals surface area contributed by atoms with Crippen LogP contribution in [-0.2, 0) is 9.59 Å². The molecule has 14 heteroatoms. The lowest BCUT2D eigenvalue weighted by Crippen LogP contribution is -2.58. The Labute approximate surface area is 313 Å². The highest BCUT2D eigenvalue weighted by Crippen LogP contribution is 2.53. The van der Waals surface area contributed by atoms with Crippen LogP contribution in [0.4, 0.5) is 17.2 Å². The minimum atomic E-state index is -0.948. The Balaban J connectivity index is 0.688. The van der Waals surface area contributed by atoms with E-state index in [4.69, 9.17) is 0 Å². The smallest absolute Gasteiger partial charge is 0.262 e. The summed E-state index contributed by atoms with van der Waals surface area (Å²) in [6.07, 6.45) is 2.74. The van der Waals surface area contributed by atoms with Gasteiger partial charge in [0.15, 0.2) is 5.82 Å². The molecule has 1 aromatic heterocycles. The second-order valence-electron chi connectivity index (χ2n) is 16.3. The largest absolute Gasteiger partial charge is 0.507 e. The average molecular weight is 732 g/mol. The number of aromatic nitrogens is 2. The molecular weight excluding hydrogens is 686 g/mol. The molecule has 5 fully saturated rings. The first-order chi connectivity index (χ1) is 26.3. The molecule has 7 aliphatic rings. The normalized spacial score (nSPS) is 28.4. The SMILES string of the molecule is O=C1CCC(N2C(=O)c3ccc(N4C[C@@H]5C(CN6CCC(CN7CCN8c9cc(-c%10ccccc%10O)nnc9NC[C@H]8C7)CC6)[C@@H]5C4)cc3C2=O)C(=O)N1. The summed E-state index contributed by atoms with van der Waals surface area (Å²) >= 11 is 0. The summed E-state index contributed by atoms with van der Waals surface area (Å²) in [4.78, 5) is 61.7. The number of carbonyl (C=O) groups is 4. The van der Waals surface area contributed by atoms with Gasteiger partial charge in [-0.15, -0.1) is 10.2 Å². The van der Waals surface area contributed by atoms with Gasteiger partial charge >= 0.3 is 0 Å². The van der Waals surface area contributed by atoms with Crippen molar-refractivity contribution in [3.8, 4) is 17.0 Å². The van der Waals surface area contributed by atoms with Crippen molar-refractivity contribution in [3.63, 3.8) is 0 Å². The number of rotatable bonds is 7. The molecule has 54 heavy (non-hydrogen) atoms. The number of fused-ring (bicyclic) bond motifs is 5. The summed E-state index contributed by atoms with van der Waals surface area (Å²) in [6.45, 7) is 10.4. The first kappa shape index (κ1) is 33.5. The molecule has 10 rings (SSSR count). The third-order valence-electron chi connectivity index (χ3n) is 13.2. The first-order valence-electron chi connectivity index (χ1n) is 19.5. The van der Waals surface area contributed by atoms with E-state index in [-0.39, 0.29) is 24.5 Å². The molecule has 0 spiro atoms. The van der Waals surface area contributed by atoms with E-state index in [9.17, 15) is 24.3 Å². The van der Waals surface area contributed by atoms with E-state index in [1.165, 1.54) is 12.8 Å². The molecule has 7 heterocycles. The predicted molar refractivity (Wildman–Crippen MR) is 200 cm³/mol. The monoisotopic (exact) mass is 731 g/mol. The Kier molecular flexibility index (Phi) is 8.09. The molecular formula is C40H45N9O5. The van der Waals surface area contributed by atoms with Crippen LogP contribution in [-0.4, -0.2) is 131 Å². The molecule has 1 aliphatic carbocycles. The van der Waals surface area contributed by atoms with Gasteiger partial charge in [-0.3, -0.25) is 34.3 Å². The van der Waals surface area contributed by atoms with E-state index in [1.807, 2.05) is 30.3 Å². The van der Waals surface area contributed by atoms with Gasteiger partial charge in [0.2, 0.25) is 11.8 Å². The van der Waals surface area contributed by atoms with Crippen LogP contribution >= 0.6 is 0 Å². The number of phenols is 1. The number of aromatic hydroxyl groups is 1. The van der Waals surface area contributed by atoms with Crippen LogP contribution in [0, 0.1) is 23.7 Å². The minimum absolute atomic E-state index is 0.111. The van der Waals surface area contributed by atoms with Crippen LogP contribution < -0.4 is 20.4 Å². The zero-order chi connectivity index (χ0) is 36.7. The maximum atomic E-state index is 13.3. The number of hydrogen-bond donors (Lipinski definition) is 3. The summed E-state index contributed by atoms with van der Waals surface area (Å²) in [6, 6.07) is 14.2. The number of carbonyl (C=O) groups excluding carboxylic acids is 4. The molecule has 280 valence electrons. The number of piperazine rings is 1. The second-order valence-corrected chi connectivity index (χ2v) is 16.3. The summed E-state index contributed by atoms with van der Waals surface area (Å²) in [5.74, 6) is 1.88. The number of imide groups is 2. The lowest BCUT2D eigenvalue weighted by atomic mass is 9.95. The maximum absolute atomic E-state index is 13.3. The van der Waals surface area contributed by atoms with Gasteiger partial charge in [-0.2, -0.15) is 0 Å². The van der Waals surface area contributed by atoms with Gasteiger partial charge in [0.25, 0.3) is 11.8 Å². The summed E-state index contributed by atoms with van der Waals surface area (Å²) in [5.41, 5.74) is 4.08. The van der Waals surface area contributed by atoms with Crippen molar-refractivity contribution in [2.45, 2.75) is 37.8 Å². The van der Waals surface area contributed by atoms with Crippen molar-refractivity contribution >= 4 is 40.8 Å². The number of likely N-dealkylation sites (tertiary alicyclic amines) is 1. The lowest BCUT2D eigenvalue weighted by Gasteiger charge is -2.47. The van der Waals surface area contributed by atoms with Gasteiger partial charge in [0, 0.05) is 70.0 Å². The fourth-order valence-corrected chi connectivity index (χ4v) is 10.1. The number of para-hydroxylation sites is 1. The van der Waals surface area contributed by atoms with Crippen LogP contribution in [0.15, 0.2) is 48.5 Å². The summed E-state index contributed by atoms with van der Waals surface area (Å²) in [5, 5.41) is 25.0. The topological polar surface area (TPSA) is 155 Å². The van der Waals surface area contributed by atoms with Crippen molar-refractivity contribution in [2.24, 2.45) is 23.7 Å². The molecule has 3 N–H and O–H groups in total. The van der Waals surface area contributed by atoms with Gasteiger partial charge in [0.1, 0.15) is 11.8 Å². The van der Waals surface area contributed by atoms with E-state index in [0.717, 1.165) is 87.5 Å².